The van der Waals surface area contributed by atoms with Crippen molar-refractivity contribution in [1.29, 1.82) is 0 Å². The molecule has 0 heterocycles. The SMILES string of the molecule is C=C(C)c1ccccc1C(C)(C)OCC(O)(C(F)(F)F)C(F)(F)F. The van der Waals surface area contributed by atoms with Gasteiger partial charge in [0, 0.05) is 0 Å². The average Bonchev–Trinajstić information content (AvgIpc) is 2.42. The molecule has 1 N–H and O–H groups in total. The van der Waals surface area contributed by atoms with Gasteiger partial charge in [-0.15, -0.1) is 0 Å². The lowest BCUT2D eigenvalue weighted by Gasteiger charge is -2.36. The minimum Gasteiger partial charge on any atom is -0.372 e. The molecule has 0 saturated heterocycles. The van der Waals surface area contributed by atoms with Crippen LogP contribution in [0.4, 0.5) is 26.3 Å². The maximum atomic E-state index is 12.7. The van der Waals surface area contributed by atoms with E-state index < -0.39 is 30.2 Å². The van der Waals surface area contributed by atoms with Crippen molar-refractivity contribution < 1.29 is 36.2 Å². The molecule has 1 aromatic rings. The summed E-state index contributed by atoms with van der Waals surface area (Å²) in [7, 11) is 0. The highest BCUT2D eigenvalue weighted by Crippen LogP contribution is 2.44. The molecule has 0 saturated carbocycles. The van der Waals surface area contributed by atoms with Gasteiger partial charge in [-0.2, -0.15) is 26.3 Å². The highest BCUT2D eigenvalue weighted by molar-refractivity contribution is 5.65. The number of allylic oxidation sites excluding steroid dienone is 1. The van der Waals surface area contributed by atoms with Crippen molar-refractivity contribution in [2.45, 2.75) is 44.3 Å². The highest BCUT2D eigenvalue weighted by atomic mass is 19.4. The maximum absolute atomic E-state index is 12.7. The van der Waals surface area contributed by atoms with Gasteiger partial charge in [0.2, 0.25) is 0 Å². The minimum absolute atomic E-state index is 0.365. The summed E-state index contributed by atoms with van der Waals surface area (Å²) in [4.78, 5) is 0. The molecule has 0 radical (unpaired) electrons. The van der Waals surface area contributed by atoms with Crippen LogP contribution in [-0.2, 0) is 10.3 Å². The summed E-state index contributed by atoms with van der Waals surface area (Å²) in [5.41, 5.74) is -4.98. The van der Waals surface area contributed by atoms with Crippen LogP contribution in [0, 0.1) is 0 Å². The van der Waals surface area contributed by atoms with Crippen molar-refractivity contribution in [3.63, 3.8) is 0 Å². The van der Waals surface area contributed by atoms with Gasteiger partial charge in [-0.3, -0.25) is 0 Å². The molecular weight excluding hydrogens is 338 g/mol. The van der Waals surface area contributed by atoms with E-state index in [1.54, 1.807) is 25.1 Å². The lowest BCUT2D eigenvalue weighted by atomic mass is 9.90. The maximum Gasteiger partial charge on any atom is 0.428 e. The van der Waals surface area contributed by atoms with Crippen LogP contribution in [-0.4, -0.2) is 29.7 Å². The molecule has 0 amide bonds. The first-order chi connectivity index (χ1) is 10.6. The van der Waals surface area contributed by atoms with Crippen LogP contribution in [0.15, 0.2) is 30.8 Å². The van der Waals surface area contributed by atoms with Crippen molar-refractivity contribution in [2.75, 3.05) is 6.61 Å². The van der Waals surface area contributed by atoms with Gasteiger partial charge in [0.25, 0.3) is 5.60 Å². The molecule has 0 aliphatic carbocycles. The molecule has 0 bridgehead atoms. The van der Waals surface area contributed by atoms with E-state index in [9.17, 15) is 31.4 Å². The molecule has 1 rings (SSSR count). The quantitative estimate of drug-likeness (QED) is 0.766. The Kier molecular flexibility index (Phi) is 5.47. The van der Waals surface area contributed by atoms with Crippen LogP contribution >= 0.6 is 0 Å². The average molecular weight is 356 g/mol. The van der Waals surface area contributed by atoms with Crippen molar-refractivity contribution in [3.05, 3.63) is 42.0 Å². The van der Waals surface area contributed by atoms with Crippen LogP contribution in [0.1, 0.15) is 31.9 Å². The van der Waals surface area contributed by atoms with Crippen LogP contribution in [0.3, 0.4) is 0 Å². The number of alkyl halides is 6. The Morgan fingerprint density at radius 3 is 1.92 bits per heavy atom. The second-order valence-corrected chi connectivity index (χ2v) is 5.98. The highest BCUT2D eigenvalue weighted by Gasteiger charge is 2.71. The van der Waals surface area contributed by atoms with Gasteiger partial charge in [0.15, 0.2) is 0 Å². The van der Waals surface area contributed by atoms with Crippen LogP contribution < -0.4 is 0 Å². The predicted molar refractivity (Wildman–Crippen MR) is 77.2 cm³/mol. The second kappa shape index (κ2) is 6.40. The largest absolute Gasteiger partial charge is 0.428 e. The fourth-order valence-electron chi connectivity index (χ4n) is 2.07. The van der Waals surface area contributed by atoms with Crippen molar-refractivity contribution in [1.82, 2.24) is 0 Å². The predicted octanol–water partition coefficient (Wildman–Crippen LogP) is 4.83. The molecule has 24 heavy (non-hydrogen) atoms. The molecule has 2 nitrogen and oxygen atoms in total. The molecular formula is C16H18F6O2. The molecule has 136 valence electrons. The Morgan fingerprint density at radius 2 is 1.50 bits per heavy atom. The van der Waals surface area contributed by atoms with Crippen molar-refractivity contribution in [3.8, 4) is 0 Å². The molecule has 0 spiro atoms. The molecule has 1 aromatic carbocycles. The van der Waals surface area contributed by atoms with E-state index >= 15 is 0 Å². The lowest BCUT2D eigenvalue weighted by molar-refractivity contribution is -0.382. The summed E-state index contributed by atoms with van der Waals surface area (Å²) in [6.45, 7) is 6.04. The first-order valence-corrected chi connectivity index (χ1v) is 6.88. The molecule has 0 aromatic heterocycles. The van der Waals surface area contributed by atoms with Gasteiger partial charge >= 0.3 is 12.4 Å². The third kappa shape index (κ3) is 3.92. The lowest BCUT2D eigenvalue weighted by Crippen LogP contribution is -2.60. The molecule has 0 atom stereocenters. The van der Waals surface area contributed by atoms with Crippen LogP contribution in [0.2, 0.25) is 0 Å². The number of aliphatic hydroxyl groups is 1. The number of halogens is 6. The number of benzene rings is 1. The first kappa shape index (κ1) is 20.5. The number of rotatable bonds is 5. The van der Waals surface area contributed by atoms with Crippen molar-refractivity contribution >= 4 is 5.57 Å². The van der Waals surface area contributed by atoms with Gasteiger partial charge in [-0.1, -0.05) is 36.4 Å². The van der Waals surface area contributed by atoms with Gasteiger partial charge in [-0.25, -0.2) is 0 Å². The molecule has 0 unspecified atom stereocenters. The fourth-order valence-corrected chi connectivity index (χ4v) is 2.07. The molecule has 8 heteroatoms. The summed E-state index contributed by atoms with van der Waals surface area (Å²) >= 11 is 0. The third-order valence-electron chi connectivity index (χ3n) is 3.62. The van der Waals surface area contributed by atoms with E-state index in [1.165, 1.54) is 19.9 Å². The fraction of sp³-hybridized carbons (Fsp3) is 0.500. The molecule has 0 fully saturated rings. The summed E-state index contributed by atoms with van der Waals surface area (Å²) in [5.74, 6) is 0. The van der Waals surface area contributed by atoms with Gasteiger partial charge < -0.3 is 9.84 Å². The summed E-state index contributed by atoms with van der Waals surface area (Å²) in [6.07, 6.45) is -11.8. The van der Waals surface area contributed by atoms with E-state index in [1.807, 2.05) is 0 Å². The Hall–Kier alpha value is -1.54. The van der Waals surface area contributed by atoms with Gasteiger partial charge in [0.05, 0.1) is 12.2 Å². The zero-order valence-electron chi connectivity index (χ0n) is 13.3. The second-order valence-electron chi connectivity index (χ2n) is 5.98. The van der Waals surface area contributed by atoms with E-state index in [2.05, 4.69) is 6.58 Å². The topological polar surface area (TPSA) is 29.5 Å². The van der Waals surface area contributed by atoms with E-state index in [0.29, 0.717) is 16.7 Å². The van der Waals surface area contributed by atoms with Crippen molar-refractivity contribution in [2.24, 2.45) is 0 Å². The van der Waals surface area contributed by atoms with E-state index in [-0.39, 0.29) is 0 Å². The van der Waals surface area contributed by atoms with Crippen LogP contribution in [0.5, 0.6) is 0 Å². The first-order valence-electron chi connectivity index (χ1n) is 6.88. The third-order valence-corrected chi connectivity index (χ3v) is 3.62. The zero-order valence-corrected chi connectivity index (χ0v) is 13.3. The summed E-state index contributed by atoms with van der Waals surface area (Å²) in [6, 6.07) is 6.38. The normalized spacial score (nSPS) is 13.9. The standard InChI is InChI=1S/C16H18F6O2/c1-10(2)11-7-5-6-8-12(11)13(3,4)24-9-14(23,15(17,18)19)16(20,21)22/h5-8,23H,1,9H2,2-4H3. The Bertz CT molecular complexity index is 587. The zero-order chi connectivity index (χ0) is 19.0. The van der Waals surface area contributed by atoms with E-state index in [4.69, 9.17) is 4.74 Å². The molecule has 0 aliphatic rings. The van der Waals surface area contributed by atoms with E-state index in [0.717, 1.165) is 0 Å². The number of hydrogen-bond acceptors (Lipinski definition) is 2. The molecule has 0 aliphatic heterocycles. The Labute approximate surface area is 135 Å². The van der Waals surface area contributed by atoms with Gasteiger partial charge in [-0.05, 0) is 31.9 Å². The number of hydrogen-bond donors (Lipinski definition) is 1. The Balaban J connectivity index is 3.18. The smallest absolute Gasteiger partial charge is 0.372 e. The monoisotopic (exact) mass is 356 g/mol. The summed E-state index contributed by atoms with van der Waals surface area (Å²) < 4.78 is 81.2. The summed E-state index contributed by atoms with van der Waals surface area (Å²) in [5, 5.41) is 9.18. The minimum atomic E-state index is -5.92. The van der Waals surface area contributed by atoms with Crippen LogP contribution in [0.25, 0.3) is 5.57 Å². The van der Waals surface area contributed by atoms with Gasteiger partial charge in [0.1, 0.15) is 0 Å². The number of ether oxygens (including phenoxy) is 1. The Morgan fingerprint density at radius 1 is 1.04 bits per heavy atom.